The zero-order valence-electron chi connectivity index (χ0n) is 26.0. The van der Waals surface area contributed by atoms with E-state index >= 15 is 0 Å². The molecule has 2 aliphatic heterocycles. The summed E-state index contributed by atoms with van der Waals surface area (Å²) in [6.07, 6.45) is 8.98. The molecule has 0 aromatic heterocycles. The van der Waals surface area contributed by atoms with E-state index in [0.29, 0.717) is 44.1 Å². The predicted octanol–water partition coefficient (Wildman–Crippen LogP) is 4.65. The maximum atomic E-state index is 12.5. The van der Waals surface area contributed by atoms with Crippen LogP contribution in [0.2, 0.25) is 0 Å². The topological polar surface area (TPSA) is 120 Å². The van der Waals surface area contributed by atoms with E-state index in [1.54, 1.807) is 11.8 Å². The number of aliphatic imine (C=N–C) groups is 1. The lowest BCUT2D eigenvalue weighted by atomic mass is 9.91. The smallest absolute Gasteiger partial charge is 0.244 e. The Hall–Kier alpha value is -3.21. The third kappa shape index (κ3) is 16.3. The second-order valence-electron chi connectivity index (χ2n) is 10.4. The molecule has 0 spiro atoms. The fourth-order valence-corrected chi connectivity index (χ4v) is 4.41. The van der Waals surface area contributed by atoms with Crippen LogP contribution in [0, 0.1) is 17.6 Å². The SMILES string of the molecule is C=N[C@H](C)NC(=O)C1CCCN1C(=O)CCCCC[C@H]1CCNC(=O)C1.CCC.CNC.O=Cc1ccc(F)cc1F. The number of nitrogens with one attached hydrogen (secondary N) is 3. The average molecular weight is 596 g/mol. The summed E-state index contributed by atoms with van der Waals surface area (Å²) < 4.78 is 24.5. The Morgan fingerprint density at radius 2 is 1.86 bits per heavy atom. The van der Waals surface area contributed by atoms with Crippen LogP contribution >= 0.6 is 0 Å². The van der Waals surface area contributed by atoms with E-state index in [2.05, 4.69) is 41.5 Å². The van der Waals surface area contributed by atoms with Crippen molar-refractivity contribution in [3.8, 4) is 0 Å². The lowest BCUT2D eigenvalue weighted by molar-refractivity contribution is -0.138. The lowest BCUT2D eigenvalue weighted by Crippen LogP contribution is -2.47. The molecule has 0 aliphatic carbocycles. The number of benzene rings is 1. The van der Waals surface area contributed by atoms with Gasteiger partial charge in [0.1, 0.15) is 23.8 Å². The number of piperidine rings is 1. The molecular formula is C31H51F2N5O4. The van der Waals surface area contributed by atoms with E-state index in [0.717, 1.165) is 57.2 Å². The quantitative estimate of drug-likeness (QED) is 0.207. The average Bonchev–Trinajstić information content (AvgIpc) is 3.45. The highest BCUT2D eigenvalue weighted by molar-refractivity contribution is 5.88. The zero-order valence-corrected chi connectivity index (χ0v) is 26.0. The van der Waals surface area contributed by atoms with Gasteiger partial charge in [-0.15, -0.1) is 0 Å². The molecule has 3 N–H and O–H groups in total. The molecule has 238 valence electrons. The summed E-state index contributed by atoms with van der Waals surface area (Å²) in [4.78, 5) is 51.6. The van der Waals surface area contributed by atoms with E-state index in [4.69, 9.17) is 0 Å². The van der Waals surface area contributed by atoms with Crippen molar-refractivity contribution in [1.82, 2.24) is 20.9 Å². The fraction of sp³-hybridized carbons (Fsp3) is 0.645. The number of rotatable bonds is 10. The van der Waals surface area contributed by atoms with Crippen LogP contribution in [0.3, 0.4) is 0 Å². The molecule has 0 bridgehead atoms. The first-order valence-electron chi connectivity index (χ1n) is 14.9. The number of hydrogen-bond acceptors (Lipinski definition) is 6. The van der Waals surface area contributed by atoms with Crippen molar-refractivity contribution in [3.63, 3.8) is 0 Å². The Labute approximate surface area is 250 Å². The molecule has 3 rings (SSSR count). The van der Waals surface area contributed by atoms with Crippen molar-refractivity contribution in [2.45, 2.75) is 97.2 Å². The van der Waals surface area contributed by atoms with Gasteiger partial charge < -0.3 is 20.9 Å². The first-order chi connectivity index (χ1) is 20.1. The highest BCUT2D eigenvalue weighted by Gasteiger charge is 2.34. The van der Waals surface area contributed by atoms with Gasteiger partial charge in [-0.3, -0.25) is 24.2 Å². The number of nitrogens with zero attached hydrogens (tertiary/aromatic N) is 2. The summed E-state index contributed by atoms with van der Waals surface area (Å²) in [6.45, 7) is 10.9. The first kappa shape index (κ1) is 38.8. The van der Waals surface area contributed by atoms with Crippen LogP contribution in [0.25, 0.3) is 0 Å². The van der Waals surface area contributed by atoms with Crippen molar-refractivity contribution in [2.75, 3.05) is 27.2 Å². The van der Waals surface area contributed by atoms with Crippen LogP contribution in [0.15, 0.2) is 23.2 Å². The number of likely N-dealkylation sites (tertiary alicyclic amines) is 1. The summed E-state index contributed by atoms with van der Waals surface area (Å²) in [7, 11) is 3.75. The van der Waals surface area contributed by atoms with Gasteiger partial charge in [-0.2, -0.15) is 0 Å². The molecule has 9 nitrogen and oxygen atoms in total. The summed E-state index contributed by atoms with van der Waals surface area (Å²) in [6, 6.07) is 2.43. The van der Waals surface area contributed by atoms with Crippen molar-refractivity contribution < 1.29 is 28.0 Å². The van der Waals surface area contributed by atoms with Gasteiger partial charge in [0.15, 0.2) is 6.29 Å². The highest BCUT2D eigenvalue weighted by Crippen LogP contribution is 2.22. The number of halogens is 2. The molecule has 3 atom stereocenters. The molecule has 1 aromatic carbocycles. The van der Waals surface area contributed by atoms with Crippen LogP contribution in [-0.2, 0) is 14.4 Å². The van der Waals surface area contributed by atoms with E-state index < -0.39 is 11.6 Å². The van der Waals surface area contributed by atoms with Crippen molar-refractivity contribution in [3.05, 3.63) is 35.4 Å². The summed E-state index contributed by atoms with van der Waals surface area (Å²) in [5.41, 5.74) is -0.124. The van der Waals surface area contributed by atoms with E-state index in [1.807, 2.05) is 14.1 Å². The molecular weight excluding hydrogens is 544 g/mol. The Morgan fingerprint density at radius 1 is 1.19 bits per heavy atom. The molecule has 2 heterocycles. The maximum absolute atomic E-state index is 12.5. The third-order valence-corrected chi connectivity index (χ3v) is 6.44. The molecule has 2 aliphatic rings. The normalized spacial score (nSPS) is 18.0. The first-order valence-corrected chi connectivity index (χ1v) is 14.9. The number of carbonyl (C=O) groups excluding carboxylic acids is 4. The lowest BCUT2D eigenvalue weighted by Gasteiger charge is -2.25. The molecule has 2 fully saturated rings. The van der Waals surface area contributed by atoms with Gasteiger partial charge >= 0.3 is 0 Å². The van der Waals surface area contributed by atoms with Crippen molar-refractivity contribution in [1.29, 1.82) is 0 Å². The molecule has 2 saturated heterocycles. The van der Waals surface area contributed by atoms with E-state index in [-0.39, 0.29) is 35.5 Å². The van der Waals surface area contributed by atoms with Gasteiger partial charge in [-0.1, -0.05) is 33.1 Å². The Kier molecular flexibility index (Phi) is 21.6. The van der Waals surface area contributed by atoms with Gasteiger partial charge in [0.2, 0.25) is 17.7 Å². The summed E-state index contributed by atoms with van der Waals surface area (Å²) in [5, 5.41) is 8.39. The van der Waals surface area contributed by atoms with Gasteiger partial charge in [-0.05, 0) is 77.9 Å². The second-order valence-corrected chi connectivity index (χ2v) is 10.4. The van der Waals surface area contributed by atoms with Crippen LogP contribution in [0.5, 0.6) is 0 Å². The summed E-state index contributed by atoms with van der Waals surface area (Å²) >= 11 is 0. The van der Waals surface area contributed by atoms with Crippen LogP contribution in [0.4, 0.5) is 8.78 Å². The van der Waals surface area contributed by atoms with Gasteiger partial charge in [-0.25, -0.2) is 8.78 Å². The van der Waals surface area contributed by atoms with E-state index in [1.165, 1.54) is 6.42 Å². The molecule has 0 radical (unpaired) electrons. The molecule has 3 amide bonds. The minimum atomic E-state index is -0.824. The van der Waals surface area contributed by atoms with Crippen LogP contribution < -0.4 is 16.0 Å². The molecule has 1 unspecified atom stereocenters. The molecule has 0 saturated carbocycles. The largest absolute Gasteiger partial charge is 0.356 e. The minimum absolute atomic E-state index is 0.0684. The Balaban J connectivity index is 0.000000862. The number of aldehydes is 1. The number of amides is 3. The van der Waals surface area contributed by atoms with Gasteiger partial charge in [0, 0.05) is 32.0 Å². The van der Waals surface area contributed by atoms with Crippen LogP contribution in [0.1, 0.15) is 95.3 Å². The molecule has 1 aromatic rings. The number of carbonyl (C=O) groups is 4. The summed E-state index contributed by atoms with van der Waals surface area (Å²) in [5.74, 6) is -0.911. The van der Waals surface area contributed by atoms with Gasteiger partial charge in [0.05, 0.1) is 5.56 Å². The molecule has 11 heteroatoms. The Bertz CT molecular complexity index is 961. The number of hydrogen-bond donors (Lipinski definition) is 3. The standard InChI is InChI=1S/C19H32N4O3.C7H4F2O.C3H8.C2H7N/c1-14(20-2)22-19(26)16-8-6-12-23(16)18(25)9-5-3-4-7-15-10-11-21-17(24)13-15;8-6-2-1-5(4-10)7(9)3-6;2*1-3-2/h14-16H,2-13H2,1H3,(H,21,24)(H,22,26);1-4H;3H2,1-2H3;3H,1-2H3/t14-,15-,16?;;;/m0.../s1. The minimum Gasteiger partial charge on any atom is -0.356 e. The van der Waals surface area contributed by atoms with Crippen molar-refractivity contribution in [2.24, 2.45) is 10.9 Å². The number of unbranched alkanes of at least 4 members (excludes halogenated alkanes) is 2. The van der Waals surface area contributed by atoms with Crippen LogP contribution in [-0.4, -0.2) is 75.0 Å². The van der Waals surface area contributed by atoms with Crippen molar-refractivity contribution >= 4 is 30.7 Å². The predicted molar refractivity (Wildman–Crippen MR) is 163 cm³/mol. The maximum Gasteiger partial charge on any atom is 0.244 e. The van der Waals surface area contributed by atoms with E-state index in [9.17, 15) is 28.0 Å². The fourth-order valence-electron chi connectivity index (χ4n) is 4.41. The second kappa shape index (κ2) is 23.4. The monoisotopic (exact) mass is 595 g/mol. The highest BCUT2D eigenvalue weighted by atomic mass is 19.1. The Morgan fingerprint density at radius 3 is 2.43 bits per heavy atom. The van der Waals surface area contributed by atoms with Gasteiger partial charge in [0.25, 0.3) is 0 Å². The third-order valence-electron chi connectivity index (χ3n) is 6.44. The zero-order chi connectivity index (χ0) is 31.9. The molecule has 42 heavy (non-hydrogen) atoms.